The standard InChI is InChI=1S/C23H16O3/c1-2-8-15-9-7-12-18-21(15)22(24)26-23(18)16-10-3-5-13-19(16)25-20-14-6-4-11-17(20)23/h2-7,9-14H,1,8H2. The second-order valence-electron chi connectivity index (χ2n) is 6.50. The van der Waals surface area contributed by atoms with Crippen LogP contribution >= 0.6 is 0 Å². The maximum atomic E-state index is 13.0. The first-order valence-corrected chi connectivity index (χ1v) is 8.59. The van der Waals surface area contributed by atoms with E-state index in [2.05, 4.69) is 6.58 Å². The van der Waals surface area contributed by atoms with Crippen molar-refractivity contribution < 1.29 is 14.3 Å². The molecule has 3 nitrogen and oxygen atoms in total. The van der Waals surface area contributed by atoms with Gasteiger partial charge in [-0.15, -0.1) is 6.58 Å². The molecular weight excluding hydrogens is 324 g/mol. The highest BCUT2D eigenvalue weighted by atomic mass is 16.6. The van der Waals surface area contributed by atoms with E-state index in [1.54, 1.807) is 6.08 Å². The zero-order valence-corrected chi connectivity index (χ0v) is 14.1. The summed E-state index contributed by atoms with van der Waals surface area (Å²) in [4.78, 5) is 13.0. The average Bonchev–Trinajstić information content (AvgIpc) is 2.97. The Bertz CT molecular complexity index is 1020. The van der Waals surface area contributed by atoms with Gasteiger partial charge < -0.3 is 9.47 Å². The summed E-state index contributed by atoms with van der Waals surface area (Å²) in [6.07, 6.45) is 2.42. The van der Waals surface area contributed by atoms with Gasteiger partial charge in [-0.25, -0.2) is 4.79 Å². The number of ether oxygens (including phenoxy) is 2. The Kier molecular flexibility index (Phi) is 3.07. The zero-order chi connectivity index (χ0) is 17.7. The number of allylic oxidation sites excluding steroid dienone is 1. The Morgan fingerprint density at radius 3 is 2.12 bits per heavy atom. The van der Waals surface area contributed by atoms with Crippen molar-refractivity contribution in [2.24, 2.45) is 0 Å². The van der Waals surface area contributed by atoms with Crippen molar-refractivity contribution in [1.29, 1.82) is 0 Å². The number of esters is 1. The van der Waals surface area contributed by atoms with Crippen molar-refractivity contribution in [3.05, 3.63) is 107 Å². The number of carbonyl (C=O) groups excluding carboxylic acids is 1. The SMILES string of the molecule is C=CCc1cccc2c1C(=O)OC21c2ccccc2Oc2ccccc21. The molecule has 0 amide bonds. The first kappa shape index (κ1) is 15.0. The molecule has 0 saturated carbocycles. The van der Waals surface area contributed by atoms with Gasteiger partial charge in [0.1, 0.15) is 11.5 Å². The minimum atomic E-state index is -0.977. The molecule has 126 valence electrons. The van der Waals surface area contributed by atoms with Crippen LogP contribution < -0.4 is 4.74 Å². The molecule has 26 heavy (non-hydrogen) atoms. The van der Waals surface area contributed by atoms with Crippen molar-refractivity contribution in [2.45, 2.75) is 12.0 Å². The lowest BCUT2D eigenvalue weighted by molar-refractivity contribution is 0.0224. The minimum absolute atomic E-state index is 0.302. The molecule has 0 aromatic heterocycles. The van der Waals surface area contributed by atoms with Crippen molar-refractivity contribution in [3.8, 4) is 11.5 Å². The monoisotopic (exact) mass is 340 g/mol. The van der Waals surface area contributed by atoms with Crippen LogP contribution in [0.2, 0.25) is 0 Å². The molecule has 3 aromatic rings. The van der Waals surface area contributed by atoms with E-state index >= 15 is 0 Å². The lowest BCUT2D eigenvalue weighted by Gasteiger charge is -2.36. The summed E-state index contributed by atoms with van der Waals surface area (Å²) in [5, 5.41) is 0. The summed E-state index contributed by atoms with van der Waals surface area (Å²) in [5.74, 6) is 1.12. The molecule has 0 unspecified atom stereocenters. The quantitative estimate of drug-likeness (QED) is 0.487. The van der Waals surface area contributed by atoms with Gasteiger partial charge in [0.25, 0.3) is 0 Å². The van der Waals surface area contributed by atoms with Crippen molar-refractivity contribution >= 4 is 5.97 Å². The van der Waals surface area contributed by atoms with Crippen molar-refractivity contribution in [3.63, 3.8) is 0 Å². The smallest absolute Gasteiger partial charge is 0.340 e. The molecule has 0 fully saturated rings. The van der Waals surface area contributed by atoms with Gasteiger partial charge in [0.15, 0.2) is 5.60 Å². The van der Waals surface area contributed by atoms with E-state index in [1.807, 2.05) is 66.7 Å². The zero-order valence-electron chi connectivity index (χ0n) is 14.1. The Morgan fingerprint density at radius 2 is 1.46 bits per heavy atom. The van der Waals surface area contributed by atoms with Crippen LogP contribution in [0.5, 0.6) is 11.5 Å². The molecule has 0 atom stereocenters. The van der Waals surface area contributed by atoms with Crippen LogP contribution in [0.15, 0.2) is 79.4 Å². The van der Waals surface area contributed by atoms with E-state index in [9.17, 15) is 4.79 Å². The van der Waals surface area contributed by atoms with Crippen LogP contribution in [0.25, 0.3) is 0 Å². The van der Waals surface area contributed by atoms with Crippen LogP contribution in [0.1, 0.15) is 32.6 Å². The van der Waals surface area contributed by atoms with Gasteiger partial charge in [-0.3, -0.25) is 0 Å². The topological polar surface area (TPSA) is 35.5 Å². The second kappa shape index (κ2) is 5.33. The molecule has 0 radical (unpaired) electrons. The molecule has 0 N–H and O–H groups in total. The molecule has 3 heteroatoms. The van der Waals surface area contributed by atoms with Crippen molar-refractivity contribution in [2.75, 3.05) is 0 Å². The molecule has 0 bridgehead atoms. The minimum Gasteiger partial charge on any atom is -0.456 e. The average molecular weight is 340 g/mol. The Labute approximate surface area is 151 Å². The number of rotatable bonds is 2. The molecular formula is C23H16O3. The maximum absolute atomic E-state index is 13.0. The van der Waals surface area contributed by atoms with Gasteiger partial charge in [0, 0.05) is 16.7 Å². The third kappa shape index (κ3) is 1.80. The van der Waals surface area contributed by atoms with Gasteiger partial charge in [-0.2, -0.15) is 0 Å². The molecule has 1 spiro atoms. The summed E-state index contributed by atoms with van der Waals surface area (Å²) >= 11 is 0. The fourth-order valence-electron chi connectivity index (χ4n) is 4.06. The van der Waals surface area contributed by atoms with Gasteiger partial charge in [0.2, 0.25) is 0 Å². The largest absolute Gasteiger partial charge is 0.456 e. The first-order valence-electron chi connectivity index (χ1n) is 8.59. The number of carbonyl (C=O) groups is 1. The number of hydrogen-bond donors (Lipinski definition) is 0. The number of para-hydroxylation sites is 2. The normalized spacial score (nSPS) is 15.5. The third-order valence-electron chi connectivity index (χ3n) is 5.10. The van der Waals surface area contributed by atoms with Crippen LogP contribution in [0.4, 0.5) is 0 Å². The van der Waals surface area contributed by atoms with Crippen LogP contribution in [-0.4, -0.2) is 5.97 Å². The fraction of sp³-hybridized carbons (Fsp3) is 0.0870. The molecule has 0 aliphatic carbocycles. The molecule has 2 aliphatic rings. The van der Waals surface area contributed by atoms with E-state index < -0.39 is 5.60 Å². The van der Waals surface area contributed by atoms with Crippen LogP contribution in [0, 0.1) is 0 Å². The predicted octanol–water partition coefficient (Wildman–Crippen LogP) is 4.98. The Hall–Kier alpha value is -3.33. The summed E-state index contributed by atoms with van der Waals surface area (Å²) in [6.45, 7) is 3.81. The van der Waals surface area contributed by atoms with Gasteiger partial charge in [0.05, 0.1) is 5.56 Å². The molecule has 0 saturated heterocycles. The van der Waals surface area contributed by atoms with Crippen LogP contribution in [-0.2, 0) is 16.8 Å². The van der Waals surface area contributed by atoms with Crippen LogP contribution in [0.3, 0.4) is 0 Å². The van der Waals surface area contributed by atoms with Gasteiger partial charge in [-0.1, -0.05) is 60.7 Å². The summed E-state index contributed by atoms with van der Waals surface area (Å²) < 4.78 is 12.2. The van der Waals surface area contributed by atoms with E-state index in [1.165, 1.54) is 0 Å². The lowest BCUT2D eigenvalue weighted by Crippen LogP contribution is -2.32. The Balaban J connectivity index is 1.89. The highest BCUT2D eigenvalue weighted by Crippen LogP contribution is 2.56. The molecule has 2 heterocycles. The van der Waals surface area contributed by atoms with E-state index in [-0.39, 0.29) is 5.97 Å². The van der Waals surface area contributed by atoms with Crippen molar-refractivity contribution in [1.82, 2.24) is 0 Å². The highest BCUT2D eigenvalue weighted by molar-refractivity contribution is 5.98. The molecule has 2 aliphatic heterocycles. The Morgan fingerprint density at radius 1 is 0.846 bits per heavy atom. The van der Waals surface area contributed by atoms with Gasteiger partial charge >= 0.3 is 5.97 Å². The fourth-order valence-corrected chi connectivity index (χ4v) is 4.06. The number of benzene rings is 3. The maximum Gasteiger partial charge on any atom is 0.340 e. The second-order valence-corrected chi connectivity index (χ2v) is 6.50. The van der Waals surface area contributed by atoms with E-state index in [4.69, 9.17) is 9.47 Å². The molecule has 5 rings (SSSR count). The molecule has 3 aromatic carbocycles. The van der Waals surface area contributed by atoms with Gasteiger partial charge in [-0.05, 0) is 24.1 Å². The lowest BCUT2D eigenvalue weighted by atomic mass is 9.77. The number of fused-ring (bicyclic) bond motifs is 6. The predicted molar refractivity (Wildman–Crippen MR) is 98.6 cm³/mol. The number of hydrogen-bond acceptors (Lipinski definition) is 3. The highest BCUT2D eigenvalue weighted by Gasteiger charge is 2.53. The summed E-state index contributed by atoms with van der Waals surface area (Å²) in [5.41, 5.74) is 3.16. The summed E-state index contributed by atoms with van der Waals surface area (Å²) in [7, 11) is 0. The first-order chi connectivity index (χ1) is 12.8. The van der Waals surface area contributed by atoms with E-state index in [0.29, 0.717) is 23.5 Å². The van der Waals surface area contributed by atoms with E-state index in [0.717, 1.165) is 22.3 Å². The third-order valence-corrected chi connectivity index (χ3v) is 5.10. The summed E-state index contributed by atoms with van der Waals surface area (Å²) in [6, 6.07) is 21.4.